The predicted octanol–water partition coefficient (Wildman–Crippen LogP) is 5.04. The third-order valence-corrected chi connectivity index (χ3v) is 4.19. The monoisotopic (exact) mass is 321 g/mol. The molecule has 0 unspecified atom stereocenters. The SMILES string of the molecule is CCc1cc2c(NSc3ccc(Cl)cn3)c[nH]c2cc1F. The molecule has 0 saturated heterocycles. The molecule has 2 N–H and O–H groups in total. The maximum absolute atomic E-state index is 13.7. The standard InChI is InChI=1S/C15H13ClFN3S/c1-2-9-5-11-13(6-12(9)17)18-8-14(11)20-21-15-4-3-10(16)7-19-15/h3-8,18,20H,2H2,1H3. The summed E-state index contributed by atoms with van der Waals surface area (Å²) in [7, 11) is 0. The number of hydrogen-bond acceptors (Lipinski definition) is 3. The van der Waals surface area contributed by atoms with Gasteiger partial charge >= 0.3 is 0 Å². The second-order valence-corrected chi connectivity index (χ2v) is 5.83. The summed E-state index contributed by atoms with van der Waals surface area (Å²) in [5, 5.41) is 2.38. The topological polar surface area (TPSA) is 40.7 Å². The molecule has 0 aliphatic heterocycles. The summed E-state index contributed by atoms with van der Waals surface area (Å²) >= 11 is 7.19. The fraction of sp³-hybridized carbons (Fsp3) is 0.133. The van der Waals surface area contributed by atoms with Crippen molar-refractivity contribution < 1.29 is 4.39 Å². The van der Waals surface area contributed by atoms with Crippen LogP contribution in [0.4, 0.5) is 10.1 Å². The number of hydrogen-bond donors (Lipinski definition) is 2. The Bertz CT molecular complexity index is 770. The van der Waals surface area contributed by atoms with E-state index in [1.165, 1.54) is 18.0 Å². The number of halogens is 2. The van der Waals surface area contributed by atoms with Crippen molar-refractivity contribution in [2.24, 2.45) is 0 Å². The van der Waals surface area contributed by atoms with Crippen LogP contribution in [0.3, 0.4) is 0 Å². The summed E-state index contributed by atoms with van der Waals surface area (Å²) in [6.45, 7) is 1.94. The van der Waals surface area contributed by atoms with Crippen LogP contribution in [0.1, 0.15) is 12.5 Å². The Labute approximate surface area is 131 Å². The average molecular weight is 322 g/mol. The first-order chi connectivity index (χ1) is 10.2. The number of aromatic amines is 1. The van der Waals surface area contributed by atoms with Crippen LogP contribution in [0.5, 0.6) is 0 Å². The van der Waals surface area contributed by atoms with Gasteiger partial charge in [0.1, 0.15) is 10.8 Å². The highest BCUT2D eigenvalue weighted by molar-refractivity contribution is 8.00. The molecule has 2 heterocycles. The number of nitrogens with one attached hydrogen (secondary N) is 2. The van der Waals surface area contributed by atoms with Crippen molar-refractivity contribution in [3.63, 3.8) is 0 Å². The van der Waals surface area contributed by atoms with Crippen molar-refractivity contribution in [3.8, 4) is 0 Å². The summed E-state index contributed by atoms with van der Waals surface area (Å²) in [6, 6.07) is 7.04. The van der Waals surface area contributed by atoms with Crippen molar-refractivity contribution in [2.45, 2.75) is 18.4 Å². The lowest BCUT2D eigenvalue weighted by Crippen LogP contribution is -1.90. The quantitative estimate of drug-likeness (QED) is 0.662. The van der Waals surface area contributed by atoms with E-state index in [0.29, 0.717) is 17.0 Å². The molecule has 3 nitrogen and oxygen atoms in total. The van der Waals surface area contributed by atoms with Gasteiger partial charge in [-0.2, -0.15) is 0 Å². The van der Waals surface area contributed by atoms with Crippen LogP contribution in [-0.4, -0.2) is 9.97 Å². The van der Waals surface area contributed by atoms with Crippen LogP contribution in [0.2, 0.25) is 5.02 Å². The number of fused-ring (bicyclic) bond motifs is 1. The summed E-state index contributed by atoms with van der Waals surface area (Å²) in [6.07, 6.45) is 4.09. The van der Waals surface area contributed by atoms with Crippen LogP contribution in [0, 0.1) is 5.82 Å². The molecular weight excluding hydrogens is 309 g/mol. The molecule has 0 radical (unpaired) electrons. The minimum atomic E-state index is -0.176. The second-order valence-electron chi connectivity index (χ2n) is 4.56. The third kappa shape index (κ3) is 2.99. The van der Waals surface area contributed by atoms with Crippen LogP contribution >= 0.6 is 23.5 Å². The number of pyridine rings is 1. The van der Waals surface area contributed by atoms with Crippen molar-refractivity contribution in [1.82, 2.24) is 9.97 Å². The number of rotatable bonds is 4. The van der Waals surface area contributed by atoms with Crippen LogP contribution in [-0.2, 0) is 6.42 Å². The minimum Gasteiger partial charge on any atom is -0.359 e. The van der Waals surface area contributed by atoms with Gasteiger partial charge < -0.3 is 9.71 Å². The number of aromatic nitrogens is 2. The van der Waals surface area contributed by atoms with Crippen molar-refractivity contribution in [3.05, 3.63) is 53.1 Å². The maximum atomic E-state index is 13.7. The van der Waals surface area contributed by atoms with Gasteiger partial charge in [-0.25, -0.2) is 9.37 Å². The molecule has 0 aliphatic carbocycles. The van der Waals surface area contributed by atoms with E-state index in [1.807, 2.05) is 25.3 Å². The Morgan fingerprint density at radius 3 is 2.95 bits per heavy atom. The molecule has 2 aromatic heterocycles. The molecule has 21 heavy (non-hydrogen) atoms. The fourth-order valence-electron chi connectivity index (χ4n) is 2.07. The van der Waals surface area contributed by atoms with E-state index in [1.54, 1.807) is 12.3 Å². The minimum absolute atomic E-state index is 0.176. The number of aryl methyl sites for hydroxylation is 1. The Morgan fingerprint density at radius 2 is 2.24 bits per heavy atom. The average Bonchev–Trinajstić information content (AvgIpc) is 2.87. The molecule has 6 heteroatoms. The largest absolute Gasteiger partial charge is 0.359 e. The Kier molecular flexibility index (Phi) is 4.03. The molecular formula is C15H13ClFN3S. The van der Waals surface area contributed by atoms with E-state index < -0.39 is 0 Å². The van der Waals surface area contributed by atoms with Crippen LogP contribution in [0.15, 0.2) is 41.7 Å². The zero-order valence-electron chi connectivity index (χ0n) is 11.3. The van der Waals surface area contributed by atoms with Gasteiger partial charge in [0.2, 0.25) is 0 Å². The Hall–Kier alpha value is -1.72. The van der Waals surface area contributed by atoms with Crippen molar-refractivity contribution >= 4 is 40.1 Å². The molecule has 0 aliphatic rings. The van der Waals surface area contributed by atoms with E-state index in [-0.39, 0.29) is 5.82 Å². The number of benzene rings is 1. The van der Waals surface area contributed by atoms with Gasteiger partial charge in [-0.05, 0) is 36.2 Å². The van der Waals surface area contributed by atoms with Crippen molar-refractivity contribution in [2.75, 3.05) is 4.72 Å². The maximum Gasteiger partial charge on any atom is 0.128 e. The Balaban J connectivity index is 1.85. The first kappa shape index (κ1) is 14.2. The lowest BCUT2D eigenvalue weighted by atomic mass is 10.1. The molecule has 0 atom stereocenters. The molecule has 0 amide bonds. The smallest absolute Gasteiger partial charge is 0.128 e. The first-order valence-electron chi connectivity index (χ1n) is 6.51. The third-order valence-electron chi connectivity index (χ3n) is 3.20. The molecule has 108 valence electrons. The zero-order valence-corrected chi connectivity index (χ0v) is 12.9. The molecule has 0 bridgehead atoms. The predicted molar refractivity (Wildman–Crippen MR) is 86.4 cm³/mol. The summed E-state index contributed by atoms with van der Waals surface area (Å²) in [5.74, 6) is -0.176. The van der Waals surface area contributed by atoms with Gasteiger partial charge in [-0.3, -0.25) is 0 Å². The first-order valence-corrected chi connectivity index (χ1v) is 7.70. The van der Waals surface area contributed by atoms with Gasteiger partial charge in [-0.1, -0.05) is 18.5 Å². The van der Waals surface area contributed by atoms with Crippen molar-refractivity contribution in [1.29, 1.82) is 0 Å². The van der Waals surface area contributed by atoms with Gasteiger partial charge in [-0.15, -0.1) is 0 Å². The fourth-order valence-corrected chi connectivity index (χ4v) is 2.81. The zero-order chi connectivity index (χ0) is 14.8. The van der Waals surface area contributed by atoms with E-state index in [2.05, 4.69) is 14.7 Å². The lowest BCUT2D eigenvalue weighted by molar-refractivity contribution is 0.614. The highest BCUT2D eigenvalue weighted by Gasteiger charge is 2.09. The highest BCUT2D eigenvalue weighted by Crippen LogP contribution is 2.29. The Morgan fingerprint density at radius 1 is 1.38 bits per heavy atom. The highest BCUT2D eigenvalue weighted by atomic mass is 35.5. The molecule has 1 aromatic carbocycles. The molecule has 3 rings (SSSR count). The van der Waals surface area contributed by atoms with E-state index in [9.17, 15) is 4.39 Å². The summed E-state index contributed by atoms with van der Waals surface area (Å²) in [4.78, 5) is 7.27. The van der Waals surface area contributed by atoms with E-state index in [4.69, 9.17) is 11.6 Å². The molecule has 0 fully saturated rings. The number of anilines is 1. The normalized spacial score (nSPS) is 11.0. The lowest BCUT2D eigenvalue weighted by Gasteiger charge is -2.05. The van der Waals surface area contributed by atoms with Crippen LogP contribution < -0.4 is 4.72 Å². The van der Waals surface area contributed by atoms with Gasteiger partial charge in [0, 0.05) is 29.7 Å². The number of H-pyrrole nitrogens is 1. The summed E-state index contributed by atoms with van der Waals surface area (Å²) in [5.41, 5.74) is 2.39. The van der Waals surface area contributed by atoms with Gasteiger partial charge in [0.05, 0.1) is 16.2 Å². The molecule has 0 spiro atoms. The van der Waals surface area contributed by atoms with Gasteiger partial charge in [0.15, 0.2) is 0 Å². The van der Waals surface area contributed by atoms with E-state index in [0.717, 1.165) is 21.6 Å². The number of nitrogens with zero attached hydrogens (tertiary/aromatic N) is 1. The second kappa shape index (κ2) is 5.95. The molecule has 3 aromatic rings. The van der Waals surface area contributed by atoms with Crippen LogP contribution in [0.25, 0.3) is 10.9 Å². The summed E-state index contributed by atoms with van der Waals surface area (Å²) < 4.78 is 17.0. The van der Waals surface area contributed by atoms with Gasteiger partial charge in [0.25, 0.3) is 0 Å². The molecule has 0 saturated carbocycles. The van der Waals surface area contributed by atoms with E-state index >= 15 is 0 Å².